The van der Waals surface area contributed by atoms with Crippen molar-refractivity contribution in [1.29, 1.82) is 0 Å². The molecule has 0 aliphatic heterocycles. The summed E-state index contributed by atoms with van der Waals surface area (Å²) < 4.78 is 0. The van der Waals surface area contributed by atoms with Crippen LogP contribution in [0, 0.1) is 0 Å². The van der Waals surface area contributed by atoms with E-state index in [1.165, 1.54) is 5.56 Å². The number of carbonyl (C=O) groups is 1. The molecule has 0 fully saturated rings. The average molecular weight is 249 g/mol. The molecule has 0 bridgehead atoms. The van der Waals surface area contributed by atoms with Crippen molar-refractivity contribution in [2.24, 2.45) is 0 Å². The van der Waals surface area contributed by atoms with Crippen molar-refractivity contribution in [3.63, 3.8) is 0 Å². The fourth-order valence-electron chi connectivity index (χ4n) is 2.16. The van der Waals surface area contributed by atoms with Gasteiger partial charge in [-0.15, -0.1) is 0 Å². The van der Waals surface area contributed by atoms with Crippen molar-refractivity contribution in [3.05, 3.63) is 29.8 Å². The van der Waals surface area contributed by atoms with E-state index in [9.17, 15) is 9.90 Å². The zero-order chi connectivity index (χ0) is 13.5. The number of benzene rings is 1. The van der Waals surface area contributed by atoms with Crippen LogP contribution in [-0.4, -0.2) is 23.7 Å². The zero-order valence-corrected chi connectivity index (χ0v) is 11.5. The molecule has 0 aliphatic carbocycles. The molecule has 0 heterocycles. The Morgan fingerprint density at radius 1 is 1.22 bits per heavy atom. The first kappa shape index (κ1) is 14.6. The van der Waals surface area contributed by atoms with E-state index in [1.54, 1.807) is 0 Å². The molecule has 0 radical (unpaired) electrons. The van der Waals surface area contributed by atoms with Gasteiger partial charge in [0, 0.05) is 12.2 Å². The second-order valence-electron chi connectivity index (χ2n) is 4.48. The monoisotopic (exact) mass is 249 g/mol. The zero-order valence-electron chi connectivity index (χ0n) is 11.5. The van der Waals surface area contributed by atoms with Gasteiger partial charge >= 0.3 is 5.97 Å². The molecule has 0 saturated carbocycles. The number of aliphatic carboxylic acids is 1. The van der Waals surface area contributed by atoms with Gasteiger partial charge in [-0.1, -0.05) is 32.9 Å². The van der Waals surface area contributed by atoms with Crippen molar-refractivity contribution < 1.29 is 9.90 Å². The molecule has 100 valence electrons. The summed E-state index contributed by atoms with van der Waals surface area (Å²) in [7, 11) is 0. The summed E-state index contributed by atoms with van der Waals surface area (Å²) in [4.78, 5) is 13.3. The highest BCUT2D eigenvalue weighted by Gasteiger charge is 2.23. The Kier molecular flexibility index (Phi) is 5.69. The van der Waals surface area contributed by atoms with Crippen molar-refractivity contribution >= 4 is 11.7 Å². The predicted octanol–water partition coefficient (Wildman–Crippen LogP) is 3.33. The van der Waals surface area contributed by atoms with Gasteiger partial charge in [0.15, 0.2) is 0 Å². The van der Waals surface area contributed by atoms with Crippen molar-refractivity contribution in [1.82, 2.24) is 0 Å². The second kappa shape index (κ2) is 7.04. The van der Waals surface area contributed by atoms with Crippen LogP contribution in [0.2, 0.25) is 0 Å². The molecule has 3 heteroatoms. The summed E-state index contributed by atoms with van der Waals surface area (Å²) in [6, 6.07) is 7.77. The van der Waals surface area contributed by atoms with Gasteiger partial charge in [0.25, 0.3) is 0 Å². The molecule has 1 rings (SSSR count). The molecular weight excluding hydrogens is 226 g/mol. The van der Waals surface area contributed by atoms with Crippen molar-refractivity contribution in [2.75, 3.05) is 11.4 Å². The van der Waals surface area contributed by atoms with E-state index in [4.69, 9.17) is 0 Å². The fraction of sp³-hybridized carbons (Fsp3) is 0.533. The van der Waals surface area contributed by atoms with Crippen LogP contribution in [0.5, 0.6) is 0 Å². The maximum absolute atomic E-state index is 11.3. The quantitative estimate of drug-likeness (QED) is 0.805. The highest BCUT2D eigenvalue weighted by molar-refractivity contribution is 5.78. The van der Waals surface area contributed by atoms with Crippen LogP contribution in [0.25, 0.3) is 0 Å². The highest BCUT2D eigenvalue weighted by atomic mass is 16.4. The van der Waals surface area contributed by atoms with Gasteiger partial charge in [-0.05, 0) is 37.0 Å². The molecule has 18 heavy (non-hydrogen) atoms. The van der Waals surface area contributed by atoms with Gasteiger partial charge in [-0.25, -0.2) is 4.79 Å². The first-order chi connectivity index (χ1) is 8.63. The van der Waals surface area contributed by atoms with E-state index >= 15 is 0 Å². The lowest BCUT2D eigenvalue weighted by Crippen LogP contribution is -2.41. The van der Waals surface area contributed by atoms with E-state index in [2.05, 4.69) is 26.0 Å². The van der Waals surface area contributed by atoms with E-state index < -0.39 is 12.0 Å². The highest BCUT2D eigenvalue weighted by Crippen LogP contribution is 2.20. The van der Waals surface area contributed by atoms with Crippen LogP contribution in [0.4, 0.5) is 5.69 Å². The van der Waals surface area contributed by atoms with Gasteiger partial charge in [-0.2, -0.15) is 0 Å². The Hall–Kier alpha value is -1.51. The standard InChI is InChI=1S/C15H23NO2/c1-4-11-16(14(6-3)15(17)18)13-9-7-12(5-2)8-10-13/h7-10,14H,4-6,11H2,1-3H3,(H,17,18)/t14-/m0/s1. The first-order valence-electron chi connectivity index (χ1n) is 6.72. The number of rotatable bonds is 7. The maximum atomic E-state index is 11.3. The number of hydrogen-bond donors (Lipinski definition) is 1. The van der Waals surface area contributed by atoms with Gasteiger partial charge in [-0.3, -0.25) is 0 Å². The van der Waals surface area contributed by atoms with Crippen LogP contribution in [-0.2, 0) is 11.2 Å². The third-order valence-corrected chi connectivity index (χ3v) is 3.19. The number of aryl methyl sites for hydroxylation is 1. The lowest BCUT2D eigenvalue weighted by molar-refractivity contribution is -0.138. The maximum Gasteiger partial charge on any atom is 0.326 e. The molecule has 1 atom stereocenters. The lowest BCUT2D eigenvalue weighted by atomic mass is 10.1. The molecule has 1 N–H and O–H groups in total. The minimum absolute atomic E-state index is 0.433. The Labute approximate surface area is 109 Å². The summed E-state index contributed by atoms with van der Waals surface area (Å²) in [5.74, 6) is -0.745. The van der Waals surface area contributed by atoms with Crippen LogP contribution in [0.1, 0.15) is 39.2 Å². The molecule has 0 spiro atoms. The van der Waals surface area contributed by atoms with Crippen molar-refractivity contribution in [2.45, 2.75) is 46.1 Å². The fourth-order valence-corrected chi connectivity index (χ4v) is 2.16. The molecule has 0 aliphatic rings. The SMILES string of the molecule is CCCN(c1ccc(CC)cc1)[C@@H](CC)C(=O)O. The number of anilines is 1. The molecule has 3 nitrogen and oxygen atoms in total. The predicted molar refractivity (Wildman–Crippen MR) is 75.2 cm³/mol. The second-order valence-corrected chi connectivity index (χ2v) is 4.48. The van der Waals surface area contributed by atoms with E-state index in [-0.39, 0.29) is 0 Å². The third kappa shape index (κ3) is 3.49. The smallest absolute Gasteiger partial charge is 0.326 e. The van der Waals surface area contributed by atoms with E-state index in [1.807, 2.05) is 24.0 Å². The first-order valence-corrected chi connectivity index (χ1v) is 6.72. The number of nitrogens with zero attached hydrogens (tertiary/aromatic N) is 1. The molecule has 0 unspecified atom stereocenters. The van der Waals surface area contributed by atoms with E-state index in [0.29, 0.717) is 6.42 Å². The van der Waals surface area contributed by atoms with Gasteiger partial charge in [0.2, 0.25) is 0 Å². The minimum atomic E-state index is -0.745. The molecule has 0 saturated heterocycles. The normalized spacial score (nSPS) is 12.2. The molecule has 0 aromatic heterocycles. The summed E-state index contributed by atoms with van der Waals surface area (Å²) in [5.41, 5.74) is 2.28. The topological polar surface area (TPSA) is 40.5 Å². The molecular formula is C15H23NO2. The Morgan fingerprint density at radius 3 is 2.22 bits per heavy atom. The summed E-state index contributed by atoms with van der Waals surface area (Å²) in [6.07, 6.45) is 2.56. The van der Waals surface area contributed by atoms with Crippen LogP contribution in [0.3, 0.4) is 0 Å². The number of carboxylic acids is 1. The summed E-state index contributed by atoms with van der Waals surface area (Å²) >= 11 is 0. The van der Waals surface area contributed by atoms with Crippen LogP contribution >= 0.6 is 0 Å². The molecule has 1 aromatic carbocycles. The van der Waals surface area contributed by atoms with Crippen LogP contribution in [0.15, 0.2) is 24.3 Å². The average Bonchev–Trinajstić information content (AvgIpc) is 2.38. The van der Waals surface area contributed by atoms with Gasteiger partial charge in [0.05, 0.1) is 0 Å². The van der Waals surface area contributed by atoms with Crippen LogP contribution < -0.4 is 4.90 Å². The van der Waals surface area contributed by atoms with Gasteiger partial charge < -0.3 is 10.0 Å². The van der Waals surface area contributed by atoms with Crippen molar-refractivity contribution in [3.8, 4) is 0 Å². The third-order valence-electron chi connectivity index (χ3n) is 3.19. The summed E-state index contributed by atoms with van der Waals surface area (Å²) in [6.45, 7) is 6.88. The lowest BCUT2D eigenvalue weighted by Gasteiger charge is -2.30. The summed E-state index contributed by atoms with van der Waals surface area (Å²) in [5, 5.41) is 9.29. The largest absolute Gasteiger partial charge is 0.480 e. The van der Waals surface area contributed by atoms with Gasteiger partial charge in [0.1, 0.15) is 6.04 Å². The van der Waals surface area contributed by atoms with E-state index in [0.717, 1.165) is 25.1 Å². The Balaban J connectivity index is 2.98. The number of hydrogen-bond acceptors (Lipinski definition) is 2. The Bertz CT molecular complexity index is 373. The minimum Gasteiger partial charge on any atom is -0.480 e. The Morgan fingerprint density at radius 2 is 1.83 bits per heavy atom. The number of carboxylic acid groups (broad SMARTS) is 1. The molecule has 1 aromatic rings. The molecule has 0 amide bonds.